The fourth-order valence-electron chi connectivity index (χ4n) is 6.88. The summed E-state index contributed by atoms with van der Waals surface area (Å²) in [5.74, 6) is 0.498. The van der Waals surface area contributed by atoms with Crippen molar-refractivity contribution in [1.82, 2.24) is 0 Å². The molecule has 1 saturated heterocycles. The summed E-state index contributed by atoms with van der Waals surface area (Å²) in [5.41, 5.74) is 5.00. The molecule has 298 valence electrons. The molecule has 0 bridgehead atoms. The van der Waals surface area contributed by atoms with Crippen LogP contribution in [0.3, 0.4) is 0 Å². The molecule has 57 heavy (non-hydrogen) atoms. The highest BCUT2D eigenvalue weighted by atomic mass is 32.2. The molecule has 10 heteroatoms. The van der Waals surface area contributed by atoms with Crippen LogP contribution in [-0.4, -0.2) is 67.1 Å². The van der Waals surface area contributed by atoms with Crippen LogP contribution >= 0.6 is 23.5 Å². The van der Waals surface area contributed by atoms with Crippen LogP contribution in [0, 0.1) is 0 Å². The summed E-state index contributed by atoms with van der Waals surface area (Å²) in [7, 11) is 1.65. The van der Waals surface area contributed by atoms with Crippen LogP contribution in [0.5, 0.6) is 5.75 Å². The molecule has 8 nitrogen and oxygen atoms in total. The average Bonchev–Trinajstić information content (AvgIpc) is 3.27. The molecule has 2 aliphatic heterocycles. The zero-order valence-corrected chi connectivity index (χ0v) is 33.8. The van der Waals surface area contributed by atoms with E-state index in [2.05, 4.69) is 0 Å². The van der Waals surface area contributed by atoms with Crippen LogP contribution in [0.1, 0.15) is 27.8 Å². The summed E-state index contributed by atoms with van der Waals surface area (Å²) >= 11 is 3.25. The van der Waals surface area contributed by atoms with Crippen LogP contribution in [0.2, 0.25) is 0 Å². The second-order valence-electron chi connectivity index (χ2n) is 13.9. The van der Waals surface area contributed by atoms with Gasteiger partial charge < -0.3 is 38.3 Å². The molecule has 2 heterocycles. The van der Waals surface area contributed by atoms with E-state index in [4.69, 9.17) is 33.2 Å². The molecule has 1 fully saturated rings. The highest BCUT2D eigenvalue weighted by molar-refractivity contribution is 8.10. The third kappa shape index (κ3) is 11.4. The first-order valence-corrected chi connectivity index (χ1v) is 21.2. The van der Waals surface area contributed by atoms with E-state index >= 15 is 0 Å². The Hall–Kier alpha value is -3.94. The molecule has 5 atom stereocenters. The number of ether oxygens (including phenoxy) is 7. The van der Waals surface area contributed by atoms with Crippen molar-refractivity contribution in [3.8, 4) is 5.75 Å². The SMILES string of the molecule is COc1ccc(COCC2=C([C@]3(O)O[C@H](COCc4ccccc4)[C@H](OCc4ccccc4)[C@H](OCc4ccccc4)[C@H]3OCc3ccccc3)SCCS2)cc1. The summed E-state index contributed by atoms with van der Waals surface area (Å²) in [5, 5.41) is 13.3. The molecule has 5 aromatic carbocycles. The maximum absolute atomic E-state index is 13.3. The van der Waals surface area contributed by atoms with Gasteiger partial charge in [0.15, 0.2) is 0 Å². The summed E-state index contributed by atoms with van der Waals surface area (Å²) in [6.07, 6.45) is -3.18. The Morgan fingerprint density at radius 3 is 1.58 bits per heavy atom. The molecular weight excluding hydrogens is 757 g/mol. The molecule has 0 spiro atoms. The Morgan fingerprint density at radius 1 is 0.544 bits per heavy atom. The summed E-state index contributed by atoms with van der Waals surface area (Å²) < 4.78 is 45.6. The van der Waals surface area contributed by atoms with Gasteiger partial charge in [0.25, 0.3) is 0 Å². The van der Waals surface area contributed by atoms with Crippen LogP contribution in [-0.2, 0) is 61.5 Å². The molecular formula is C47H50O8S2. The molecule has 2 aliphatic rings. The first-order valence-electron chi connectivity index (χ1n) is 19.3. The maximum Gasteiger partial charge on any atom is 0.229 e. The van der Waals surface area contributed by atoms with Crippen molar-refractivity contribution < 1.29 is 38.3 Å². The van der Waals surface area contributed by atoms with Crippen LogP contribution in [0.15, 0.2) is 155 Å². The van der Waals surface area contributed by atoms with Gasteiger partial charge >= 0.3 is 0 Å². The minimum absolute atomic E-state index is 0.141. The second-order valence-corrected chi connectivity index (χ2v) is 16.2. The lowest BCUT2D eigenvalue weighted by Crippen LogP contribution is -2.67. The molecule has 0 amide bonds. The molecule has 0 aliphatic carbocycles. The van der Waals surface area contributed by atoms with Gasteiger partial charge in [-0.3, -0.25) is 0 Å². The van der Waals surface area contributed by atoms with Crippen molar-refractivity contribution in [2.45, 2.75) is 63.2 Å². The van der Waals surface area contributed by atoms with Crippen molar-refractivity contribution in [1.29, 1.82) is 0 Å². The molecule has 7 rings (SSSR count). The minimum atomic E-state index is -1.93. The van der Waals surface area contributed by atoms with Gasteiger partial charge in [-0.2, -0.15) is 0 Å². The topological polar surface area (TPSA) is 84.8 Å². The van der Waals surface area contributed by atoms with E-state index in [1.165, 1.54) is 0 Å². The lowest BCUT2D eigenvalue weighted by Gasteiger charge is -2.51. The molecule has 0 radical (unpaired) electrons. The first kappa shape index (κ1) is 41.2. The average molecular weight is 807 g/mol. The predicted molar refractivity (Wildman–Crippen MR) is 226 cm³/mol. The largest absolute Gasteiger partial charge is 0.497 e. The van der Waals surface area contributed by atoms with E-state index < -0.39 is 30.2 Å². The quantitative estimate of drug-likeness (QED) is 0.0874. The van der Waals surface area contributed by atoms with Crippen LogP contribution in [0.4, 0.5) is 0 Å². The Kier molecular flexibility index (Phi) is 15.3. The third-order valence-corrected chi connectivity index (χ3v) is 12.5. The van der Waals surface area contributed by atoms with Gasteiger partial charge in [0.1, 0.15) is 30.2 Å². The highest BCUT2D eigenvalue weighted by Crippen LogP contribution is 2.48. The summed E-state index contributed by atoms with van der Waals surface area (Å²) in [6, 6.07) is 47.9. The van der Waals surface area contributed by atoms with Crippen LogP contribution in [0.25, 0.3) is 0 Å². The Balaban J connectivity index is 1.25. The van der Waals surface area contributed by atoms with E-state index in [0.717, 1.165) is 50.0 Å². The van der Waals surface area contributed by atoms with Crippen molar-refractivity contribution >= 4 is 23.5 Å². The summed E-state index contributed by atoms with van der Waals surface area (Å²) in [4.78, 5) is 1.56. The van der Waals surface area contributed by atoms with E-state index in [1.54, 1.807) is 30.6 Å². The van der Waals surface area contributed by atoms with Crippen molar-refractivity contribution in [2.75, 3.05) is 31.8 Å². The number of hydrogen-bond donors (Lipinski definition) is 1. The van der Waals surface area contributed by atoms with Gasteiger partial charge in [-0.25, -0.2) is 0 Å². The van der Waals surface area contributed by atoms with Crippen molar-refractivity contribution in [3.63, 3.8) is 0 Å². The second kappa shape index (κ2) is 21.2. The van der Waals surface area contributed by atoms with E-state index in [9.17, 15) is 5.11 Å². The lowest BCUT2D eigenvalue weighted by molar-refractivity contribution is -0.353. The van der Waals surface area contributed by atoms with Gasteiger partial charge in [-0.15, -0.1) is 23.5 Å². The number of aliphatic hydroxyl groups is 1. The maximum atomic E-state index is 13.3. The Labute approximate surface area is 344 Å². The number of rotatable bonds is 19. The van der Waals surface area contributed by atoms with Gasteiger partial charge in [0.05, 0.1) is 58.3 Å². The highest BCUT2D eigenvalue weighted by Gasteiger charge is 2.59. The minimum Gasteiger partial charge on any atom is -0.497 e. The third-order valence-electron chi connectivity index (χ3n) is 9.79. The van der Waals surface area contributed by atoms with Crippen molar-refractivity contribution in [3.05, 3.63) is 183 Å². The fraction of sp³-hybridized carbons (Fsp3) is 0.319. The normalized spacial score (nSPS) is 22.4. The van der Waals surface area contributed by atoms with Gasteiger partial charge in [-0.05, 0) is 39.9 Å². The standard InChI is InChI=1S/C47H50O8S2/c1-49-40-24-22-39(23-25-40)29-51-34-42-46(57-27-26-56-42)47(48)45(54-32-38-20-12-5-13-21-38)44(53-31-37-18-10-4-11-19-37)43(52-30-36-16-8-3-9-17-36)41(55-47)33-50-28-35-14-6-2-7-15-35/h2-25,41,43-45,48H,26-34H2,1H3/t41-,43+,44+,45-,47-/m1/s1. The van der Waals surface area contributed by atoms with Crippen molar-refractivity contribution in [2.24, 2.45) is 0 Å². The van der Waals surface area contributed by atoms with E-state index in [0.29, 0.717) is 24.7 Å². The van der Waals surface area contributed by atoms with Gasteiger partial charge in [0, 0.05) is 16.4 Å². The lowest BCUT2D eigenvalue weighted by atomic mass is 9.90. The molecule has 0 unspecified atom stereocenters. The van der Waals surface area contributed by atoms with Crippen LogP contribution < -0.4 is 4.74 Å². The smallest absolute Gasteiger partial charge is 0.229 e. The predicted octanol–water partition coefficient (Wildman–Crippen LogP) is 8.96. The molecule has 0 saturated carbocycles. The Morgan fingerprint density at radius 2 is 1.02 bits per heavy atom. The van der Waals surface area contributed by atoms with E-state index in [-0.39, 0.29) is 26.4 Å². The molecule has 5 aromatic rings. The van der Waals surface area contributed by atoms with Gasteiger partial charge in [0.2, 0.25) is 5.79 Å². The zero-order valence-electron chi connectivity index (χ0n) is 32.2. The number of hydrogen-bond acceptors (Lipinski definition) is 10. The Bertz CT molecular complexity index is 1950. The van der Waals surface area contributed by atoms with Gasteiger partial charge in [-0.1, -0.05) is 133 Å². The fourth-order valence-corrected chi connectivity index (χ4v) is 9.39. The monoisotopic (exact) mass is 806 g/mol. The molecule has 0 aromatic heterocycles. The molecule has 1 N–H and O–H groups in total. The zero-order chi connectivity index (χ0) is 39.1. The number of methoxy groups -OCH3 is 1. The number of benzene rings is 5. The summed E-state index contributed by atoms with van der Waals surface area (Å²) in [6.45, 7) is 1.98. The first-order chi connectivity index (χ1) is 28.1. The number of thioether (sulfide) groups is 2. The van der Waals surface area contributed by atoms with E-state index in [1.807, 2.05) is 146 Å².